The fourth-order valence-electron chi connectivity index (χ4n) is 2.16. The Bertz CT molecular complexity index is 229. The third-order valence-corrected chi connectivity index (χ3v) is 3.15. The first-order valence-corrected chi connectivity index (χ1v) is 6.22. The van der Waals surface area contributed by atoms with Gasteiger partial charge >= 0.3 is 0 Å². The number of carbonyl (C=O) groups is 1. The molecule has 0 bridgehead atoms. The SMILES string of the molecule is O=C(CCC/C=C\[C@@H](O)CO)C1CCCC1. The molecule has 0 unspecified atom stereocenters. The summed E-state index contributed by atoms with van der Waals surface area (Å²) < 4.78 is 0. The maximum absolute atomic E-state index is 11.7. The summed E-state index contributed by atoms with van der Waals surface area (Å²) >= 11 is 0. The molecule has 0 aromatic heterocycles. The van der Waals surface area contributed by atoms with Gasteiger partial charge in [0.15, 0.2) is 0 Å². The lowest BCUT2D eigenvalue weighted by atomic mass is 9.98. The summed E-state index contributed by atoms with van der Waals surface area (Å²) in [5.41, 5.74) is 0. The Labute approximate surface area is 97.2 Å². The zero-order valence-corrected chi connectivity index (χ0v) is 9.77. The summed E-state index contributed by atoms with van der Waals surface area (Å²) in [6, 6.07) is 0. The standard InChI is InChI=1S/C13H22O3/c14-10-12(15)8-2-1-3-9-13(16)11-6-4-5-7-11/h2,8,11-12,14-15H,1,3-7,9-10H2/b8-2-/t12-/m1/s1. The summed E-state index contributed by atoms with van der Waals surface area (Å²) in [6.07, 6.45) is 9.55. The van der Waals surface area contributed by atoms with E-state index in [0.717, 1.165) is 25.7 Å². The monoisotopic (exact) mass is 226 g/mol. The third-order valence-electron chi connectivity index (χ3n) is 3.15. The molecule has 0 radical (unpaired) electrons. The Balaban J connectivity index is 2.06. The van der Waals surface area contributed by atoms with Gasteiger partial charge in [0.05, 0.1) is 12.7 Å². The Morgan fingerprint density at radius 1 is 1.38 bits per heavy atom. The molecule has 0 heterocycles. The minimum absolute atomic E-state index is 0.239. The van der Waals surface area contributed by atoms with Crippen LogP contribution in [0.2, 0.25) is 0 Å². The lowest BCUT2D eigenvalue weighted by molar-refractivity contribution is -0.122. The molecule has 1 aliphatic rings. The fourth-order valence-corrected chi connectivity index (χ4v) is 2.16. The average Bonchev–Trinajstić information content (AvgIpc) is 2.81. The van der Waals surface area contributed by atoms with Crippen molar-refractivity contribution >= 4 is 5.78 Å². The topological polar surface area (TPSA) is 57.5 Å². The highest BCUT2D eigenvalue weighted by atomic mass is 16.3. The van der Waals surface area contributed by atoms with Crippen molar-refractivity contribution in [3.05, 3.63) is 12.2 Å². The molecule has 0 spiro atoms. The van der Waals surface area contributed by atoms with E-state index in [0.29, 0.717) is 18.1 Å². The largest absolute Gasteiger partial charge is 0.393 e. The van der Waals surface area contributed by atoms with E-state index in [2.05, 4.69) is 0 Å². The molecule has 0 aromatic carbocycles. The number of aliphatic hydroxyl groups is 2. The number of hydrogen-bond donors (Lipinski definition) is 2. The molecule has 0 aliphatic heterocycles. The highest BCUT2D eigenvalue weighted by molar-refractivity contribution is 5.81. The minimum atomic E-state index is -0.759. The van der Waals surface area contributed by atoms with Gasteiger partial charge in [-0.25, -0.2) is 0 Å². The molecule has 1 fully saturated rings. The lowest BCUT2D eigenvalue weighted by Crippen LogP contribution is -2.10. The molecule has 3 heteroatoms. The number of Topliss-reactive ketones (excluding diaryl/α,β-unsaturated/α-hetero) is 1. The lowest BCUT2D eigenvalue weighted by Gasteiger charge is -2.06. The first-order valence-electron chi connectivity index (χ1n) is 6.22. The van der Waals surface area contributed by atoms with Crippen molar-refractivity contribution in [1.29, 1.82) is 0 Å². The highest BCUT2D eigenvalue weighted by Crippen LogP contribution is 2.26. The van der Waals surface area contributed by atoms with Crippen LogP contribution in [-0.4, -0.2) is 28.7 Å². The number of aliphatic hydroxyl groups excluding tert-OH is 2. The van der Waals surface area contributed by atoms with E-state index in [-0.39, 0.29) is 6.61 Å². The predicted octanol–water partition coefficient (Wildman–Crippen LogP) is 1.83. The molecular formula is C13H22O3. The molecule has 1 atom stereocenters. The molecule has 92 valence electrons. The molecule has 1 saturated carbocycles. The molecule has 3 nitrogen and oxygen atoms in total. The van der Waals surface area contributed by atoms with Gasteiger partial charge in [-0.1, -0.05) is 25.0 Å². The van der Waals surface area contributed by atoms with Crippen LogP contribution < -0.4 is 0 Å². The van der Waals surface area contributed by atoms with E-state index in [4.69, 9.17) is 10.2 Å². The smallest absolute Gasteiger partial charge is 0.135 e. The number of unbranched alkanes of at least 4 members (excludes halogenated alkanes) is 1. The quantitative estimate of drug-likeness (QED) is 0.514. The number of ketones is 1. The van der Waals surface area contributed by atoms with Crippen molar-refractivity contribution in [2.45, 2.75) is 51.0 Å². The second kappa shape index (κ2) is 7.58. The van der Waals surface area contributed by atoms with Gasteiger partial charge < -0.3 is 10.2 Å². The molecule has 2 N–H and O–H groups in total. The molecular weight excluding hydrogens is 204 g/mol. The first-order chi connectivity index (χ1) is 7.74. The van der Waals surface area contributed by atoms with Gasteiger partial charge in [0.2, 0.25) is 0 Å². The van der Waals surface area contributed by atoms with E-state index < -0.39 is 6.10 Å². The van der Waals surface area contributed by atoms with Crippen LogP contribution in [0.25, 0.3) is 0 Å². The maximum atomic E-state index is 11.7. The molecule has 1 aliphatic carbocycles. The third kappa shape index (κ3) is 4.90. The number of allylic oxidation sites excluding steroid dienone is 1. The van der Waals surface area contributed by atoms with Crippen LogP contribution >= 0.6 is 0 Å². The van der Waals surface area contributed by atoms with Crippen LogP contribution in [-0.2, 0) is 4.79 Å². The van der Waals surface area contributed by atoms with Crippen molar-refractivity contribution in [2.75, 3.05) is 6.61 Å². The van der Waals surface area contributed by atoms with Crippen molar-refractivity contribution in [3.63, 3.8) is 0 Å². The Morgan fingerprint density at radius 3 is 2.69 bits per heavy atom. The van der Waals surface area contributed by atoms with Crippen LogP contribution in [0.3, 0.4) is 0 Å². The Morgan fingerprint density at radius 2 is 2.06 bits per heavy atom. The van der Waals surface area contributed by atoms with Crippen molar-refractivity contribution in [1.82, 2.24) is 0 Å². The van der Waals surface area contributed by atoms with E-state index in [1.165, 1.54) is 12.8 Å². The van der Waals surface area contributed by atoms with E-state index in [9.17, 15) is 4.79 Å². The molecule has 1 rings (SSSR count). The van der Waals surface area contributed by atoms with Crippen LogP contribution in [0.15, 0.2) is 12.2 Å². The zero-order valence-electron chi connectivity index (χ0n) is 9.77. The molecule has 0 saturated heterocycles. The first kappa shape index (κ1) is 13.4. The summed E-state index contributed by atoms with van der Waals surface area (Å²) in [7, 11) is 0. The number of hydrogen-bond acceptors (Lipinski definition) is 3. The second-order valence-electron chi connectivity index (χ2n) is 4.52. The summed E-state index contributed by atoms with van der Waals surface area (Å²) in [6.45, 7) is -0.239. The van der Waals surface area contributed by atoms with Gasteiger partial charge in [-0.15, -0.1) is 0 Å². The maximum Gasteiger partial charge on any atom is 0.135 e. The van der Waals surface area contributed by atoms with Gasteiger partial charge in [-0.05, 0) is 25.7 Å². The van der Waals surface area contributed by atoms with Crippen molar-refractivity contribution in [2.24, 2.45) is 5.92 Å². The summed E-state index contributed by atoms with van der Waals surface area (Å²) in [5.74, 6) is 0.737. The van der Waals surface area contributed by atoms with Crippen LogP contribution in [0.5, 0.6) is 0 Å². The Hall–Kier alpha value is -0.670. The second-order valence-corrected chi connectivity index (χ2v) is 4.52. The van der Waals surface area contributed by atoms with Crippen molar-refractivity contribution in [3.8, 4) is 0 Å². The van der Waals surface area contributed by atoms with Gasteiger partial charge in [-0.3, -0.25) is 4.79 Å². The van der Waals surface area contributed by atoms with Crippen LogP contribution in [0, 0.1) is 5.92 Å². The molecule has 0 aromatic rings. The zero-order chi connectivity index (χ0) is 11.8. The summed E-state index contributed by atoms with van der Waals surface area (Å²) in [5, 5.41) is 17.6. The van der Waals surface area contributed by atoms with Gasteiger partial charge in [-0.2, -0.15) is 0 Å². The van der Waals surface area contributed by atoms with Gasteiger partial charge in [0, 0.05) is 12.3 Å². The fraction of sp³-hybridized carbons (Fsp3) is 0.769. The van der Waals surface area contributed by atoms with E-state index >= 15 is 0 Å². The molecule has 0 amide bonds. The average molecular weight is 226 g/mol. The minimum Gasteiger partial charge on any atom is -0.393 e. The van der Waals surface area contributed by atoms with Crippen molar-refractivity contribution < 1.29 is 15.0 Å². The predicted molar refractivity (Wildman–Crippen MR) is 63.0 cm³/mol. The van der Waals surface area contributed by atoms with E-state index in [1.807, 2.05) is 6.08 Å². The van der Waals surface area contributed by atoms with Gasteiger partial charge in [0.25, 0.3) is 0 Å². The highest BCUT2D eigenvalue weighted by Gasteiger charge is 2.21. The summed E-state index contributed by atoms with van der Waals surface area (Å²) in [4.78, 5) is 11.7. The van der Waals surface area contributed by atoms with Crippen LogP contribution in [0.1, 0.15) is 44.9 Å². The van der Waals surface area contributed by atoms with E-state index in [1.54, 1.807) is 6.08 Å². The van der Waals surface area contributed by atoms with Crippen LogP contribution in [0.4, 0.5) is 0 Å². The number of carbonyl (C=O) groups excluding carboxylic acids is 1. The van der Waals surface area contributed by atoms with Gasteiger partial charge in [0.1, 0.15) is 5.78 Å². The normalized spacial score (nSPS) is 19.4. The Kier molecular flexibility index (Phi) is 6.34. The number of rotatable bonds is 7. The molecule has 16 heavy (non-hydrogen) atoms.